The van der Waals surface area contributed by atoms with Gasteiger partial charge in [0.05, 0.1) is 0 Å². The van der Waals surface area contributed by atoms with Crippen molar-refractivity contribution in [1.82, 2.24) is 5.32 Å². The van der Waals surface area contributed by atoms with Crippen LogP contribution in [0.4, 0.5) is 0 Å². The predicted octanol–water partition coefficient (Wildman–Crippen LogP) is 4.09. The van der Waals surface area contributed by atoms with E-state index >= 15 is 0 Å². The molecule has 0 saturated carbocycles. The van der Waals surface area contributed by atoms with Crippen LogP contribution in [0.2, 0.25) is 0 Å². The zero-order valence-corrected chi connectivity index (χ0v) is 10.9. The van der Waals surface area contributed by atoms with Gasteiger partial charge in [-0.25, -0.2) is 0 Å². The number of benzene rings is 1. The van der Waals surface area contributed by atoms with Crippen LogP contribution in [0.5, 0.6) is 0 Å². The summed E-state index contributed by atoms with van der Waals surface area (Å²) in [5.41, 5.74) is 2.78. The lowest BCUT2D eigenvalue weighted by atomic mass is 9.98. The summed E-state index contributed by atoms with van der Waals surface area (Å²) in [4.78, 5) is 0. The van der Waals surface area contributed by atoms with Crippen molar-refractivity contribution in [3.05, 3.63) is 46.5 Å². The van der Waals surface area contributed by atoms with Gasteiger partial charge in [0, 0.05) is 17.1 Å². The highest BCUT2D eigenvalue weighted by molar-refractivity contribution is 6.36. The minimum Gasteiger partial charge on any atom is -0.312 e. The first-order chi connectivity index (χ1) is 7.74. The maximum absolute atomic E-state index is 5.76. The quantitative estimate of drug-likeness (QED) is 0.758. The fourth-order valence-corrected chi connectivity index (χ4v) is 1.68. The lowest BCUT2D eigenvalue weighted by molar-refractivity contribution is 0.618. The number of hydrogen-bond donors (Lipinski definition) is 1. The van der Waals surface area contributed by atoms with E-state index in [0.717, 1.165) is 13.0 Å². The van der Waals surface area contributed by atoms with E-state index in [1.807, 2.05) is 6.07 Å². The summed E-state index contributed by atoms with van der Waals surface area (Å²) < 4.78 is 0. The molecule has 0 spiro atoms. The Morgan fingerprint density at radius 2 is 2.06 bits per heavy atom. The molecule has 1 aromatic carbocycles. The Morgan fingerprint density at radius 1 is 1.38 bits per heavy atom. The molecule has 0 fully saturated rings. The average molecular weight is 258 g/mol. The molecule has 3 heteroatoms. The molecule has 0 heterocycles. The van der Waals surface area contributed by atoms with Crippen LogP contribution in [0, 0.1) is 0 Å². The second-order valence-electron chi connectivity index (χ2n) is 3.83. The van der Waals surface area contributed by atoms with E-state index in [9.17, 15) is 0 Å². The zero-order chi connectivity index (χ0) is 11.8. The predicted molar refractivity (Wildman–Crippen MR) is 72.1 cm³/mol. The lowest BCUT2D eigenvalue weighted by Gasteiger charge is -2.12. The van der Waals surface area contributed by atoms with Crippen molar-refractivity contribution in [2.24, 2.45) is 0 Å². The van der Waals surface area contributed by atoms with Crippen LogP contribution < -0.4 is 5.32 Å². The molecule has 0 saturated heterocycles. The highest BCUT2D eigenvalue weighted by Gasteiger charge is 2.03. The van der Waals surface area contributed by atoms with Crippen molar-refractivity contribution >= 4 is 23.2 Å². The highest BCUT2D eigenvalue weighted by Crippen LogP contribution is 2.17. The number of rotatable bonds is 6. The standard InChI is InChI=1S/C13H17Cl2N/c1-11(12-5-3-2-4-6-12)7-8-16-10-13(15)9-14/h2-6,9,11,16H,7-8,10H2,1H3. The van der Waals surface area contributed by atoms with Gasteiger partial charge in [0.1, 0.15) is 0 Å². The minimum absolute atomic E-state index is 0.562. The van der Waals surface area contributed by atoms with Gasteiger partial charge in [0.25, 0.3) is 0 Å². The third kappa shape index (κ3) is 5.02. The number of hydrogen-bond acceptors (Lipinski definition) is 1. The second-order valence-corrected chi connectivity index (χ2v) is 4.54. The second kappa shape index (κ2) is 7.72. The normalized spacial score (nSPS) is 13.8. The summed E-state index contributed by atoms with van der Waals surface area (Å²) >= 11 is 11.2. The first-order valence-corrected chi connectivity index (χ1v) is 6.26. The molecule has 0 aliphatic heterocycles. The molecule has 0 bridgehead atoms. The summed E-state index contributed by atoms with van der Waals surface area (Å²) in [5.74, 6) is 0.562. The van der Waals surface area contributed by atoms with Crippen LogP contribution in [0.3, 0.4) is 0 Å². The maximum Gasteiger partial charge on any atom is 0.0431 e. The molecule has 88 valence electrons. The van der Waals surface area contributed by atoms with Crippen LogP contribution in [0.15, 0.2) is 40.9 Å². The van der Waals surface area contributed by atoms with Gasteiger partial charge in [-0.05, 0) is 24.4 Å². The molecule has 0 radical (unpaired) electrons. The van der Waals surface area contributed by atoms with Crippen LogP contribution in [-0.2, 0) is 0 Å². The van der Waals surface area contributed by atoms with E-state index in [1.165, 1.54) is 11.1 Å². The fourth-order valence-electron chi connectivity index (χ4n) is 1.51. The van der Waals surface area contributed by atoms with Crippen molar-refractivity contribution < 1.29 is 0 Å². The van der Waals surface area contributed by atoms with E-state index in [4.69, 9.17) is 23.2 Å². The molecular formula is C13H17Cl2N. The monoisotopic (exact) mass is 257 g/mol. The Kier molecular flexibility index (Phi) is 6.55. The fraction of sp³-hybridized carbons (Fsp3) is 0.385. The molecule has 1 unspecified atom stereocenters. The van der Waals surface area contributed by atoms with Crippen molar-refractivity contribution in [2.45, 2.75) is 19.3 Å². The summed E-state index contributed by atoms with van der Waals surface area (Å²) in [5, 5.41) is 3.90. The third-order valence-electron chi connectivity index (χ3n) is 2.54. The lowest BCUT2D eigenvalue weighted by Crippen LogP contribution is -2.18. The average Bonchev–Trinajstić information content (AvgIpc) is 2.35. The third-order valence-corrected chi connectivity index (χ3v) is 3.15. The van der Waals surface area contributed by atoms with Crippen LogP contribution in [0.1, 0.15) is 24.8 Å². The first-order valence-electron chi connectivity index (χ1n) is 5.44. The highest BCUT2D eigenvalue weighted by atomic mass is 35.5. The van der Waals surface area contributed by atoms with E-state index < -0.39 is 0 Å². The summed E-state index contributed by atoms with van der Waals surface area (Å²) in [6, 6.07) is 10.5. The molecule has 1 nitrogen and oxygen atoms in total. The smallest absolute Gasteiger partial charge is 0.0431 e. The summed E-state index contributed by atoms with van der Waals surface area (Å²) in [6.45, 7) is 3.82. The van der Waals surface area contributed by atoms with E-state index in [0.29, 0.717) is 17.5 Å². The molecule has 1 N–H and O–H groups in total. The number of halogens is 2. The SMILES string of the molecule is CC(CCNCC(Cl)=CCl)c1ccccc1. The Labute approximate surface area is 107 Å². The Bertz CT molecular complexity index is 322. The van der Waals surface area contributed by atoms with Gasteiger partial charge in [0.15, 0.2) is 0 Å². The van der Waals surface area contributed by atoms with Crippen molar-refractivity contribution in [2.75, 3.05) is 13.1 Å². The Balaban J connectivity index is 2.23. The van der Waals surface area contributed by atoms with Crippen LogP contribution >= 0.6 is 23.2 Å². The van der Waals surface area contributed by atoms with E-state index in [1.54, 1.807) is 0 Å². The summed E-state index contributed by atoms with van der Waals surface area (Å²) in [6.07, 6.45) is 1.09. The summed E-state index contributed by atoms with van der Waals surface area (Å²) in [7, 11) is 0. The largest absolute Gasteiger partial charge is 0.312 e. The van der Waals surface area contributed by atoms with Crippen molar-refractivity contribution in [1.29, 1.82) is 0 Å². The molecule has 0 amide bonds. The maximum atomic E-state index is 5.76. The van der Waals surface area contributed by atoms with Gasteiger partial charge in [-0.15, -0.1) is 0 Å². The molecule has 0 aliphatic carbocycles. The molecular weight excluding hydrogens is 241 g/mol. The number of nitrogens with one attached hydrogen (secondary N) is 1. The Morgan fingerprint density at radius 3 is 2.69 bits per heavy atom. The topological polar surface area (TPSA) is 12.0 Å². The van der Waals surface area contributed by atoms with Crippen molar-refractivity contribution in [3.63, 3.8) is 0 Å². The van der Waals surface area contributed by atoms with Crippen LogP contribution in [-0.4, -0.2) is 13.1 Å². The van der Waals surface area contributed by atoms with Gasteiger partial charge < -0.3 is 5.32 Å². The van der Waals surface area contributed by atoms with Gasteiger partial charge in [-0.3, -0.25) is 0 Å². The van der Waals surface area contributed by atoms with Gasteiger partial charge in [-0.2, -0.15) is 0 Å². The van der Waals surface area contributed by atoms with Gasteiger partial charge in [0.2, 0.25) is 0 Å². The Hall–Kier alpha value is -0.500. The molecule has 1 aromatic rings. The minimum atomic E-state index is 0.562. The molecule has 1 atom stereocenters. The van der Waals surface area contributed by atoms with Crippen molar-refractivity contribution in [3.8, 4) is 0 Å². The molecule has 1 rings (SSSR count). The molecule has 0 aliphatic rings. The van der Waals surface area contributed by atoms with Gasteiger partial charge >= 0.3 is 0 Å². The van der Waals surface area contributed by atoms with Gasteiger partial charge in [-0.1, -0.05) is 60.5 Å². The first kappa shape index (κ1) is 13.6. The molecule has 0 aromatic heterocycles. The van der Waals surface area contributed by atoms with E-state index in [-0.39, 0.29) is 0 Å². The molecule has 16 heavy (non-hydrogen) atoms. The van der Waals surface area contributed by atoms with E-state index in [2.05, 4.69) is 36.5 Å². The van der Waals surface area contributed by atoms with Crippen LogP contribution in [0.25, 0.3) is 0 Å². The zero-order valence-electron chi connectivity index (χ0n) is 9.42.